The van der Waals surface area contributed by atoms with Gasteiger partial charge < -0.3 is 5.32 Å². The van der Waals surface area contributed by atoms with E-state index in [1.54, 1.807) is 0 Å². The lowest BCUT2D eigenvalue weighted by molar-refractivity contribution is -0.121. The van der Waals surface area contributed by atoms with Gasteiger partial charge in [0.2, 0.25) is 5.91 Å². The average molecular weight is 309 g/mol. The molecule has 5 heteroatoms. The Kier molecular flexibility index (Phi) is 5.79. The molecule has 1 aromatic rings. The van der Waals surface area contributed by atoms with Gasteiger partial charge in [-0.2, -0.15) is 0 Å². The molecule has 1 saturated heterocycles. The molecular formula is C16H23NO3S. The van der Waals surface area contributed by atoms with Crippen LogP contribution in [0.4, 0.5) is 0 Å². The molecule has 1 unspecified atom stereocenters. The highest BCUT2D eigenvalue weighted by molar-refractivity contribution is 7.91. The number of hydrogen-bond donors (Lipinski definition) is 1. The predicted molar refractivity (Wildman–Crippen MR) is 83.8 cm³/mol. The first kappa shape index (κ1) is 16.0. The first-order valence-corrected chi connectivity index (χ1v) is 9.38. The maximum Gasteiger partial charge on any atom is 0.220 e. The number of hydrogen-bond acceptors (Lipinski definition) is 3. The van der Waals surface area contributed by atoms with Crippen molar-refractivity contribution in [2.24, 2.45) is 5.92 Å². The summed E-state index contributed by atoms with van der Waals surface area (Å²) in [5, 5.41) is 2.91. The second-order valence-corrected chi connectivity index (χ2v) is 7.98. The first-order chi connectivity index (χ1) is 10.1. The number of sulfone groups is 1. The van der Waals surface area contributed by atoms with Crippen LogP contribution in [0.25, 0.3) is 0 Å². The zero-order chi connectivity index (χ0) is 15.1. The van der Waals surface area contributed by atoms with Crippen molar-refractivity contribution in [2.75, 3.05) is 18.1 Å². The molecule has 1 aliphatic heterocycles. The lowest BCUT2D eigenvalue weighted by Gasteiger charge is -2.08. The summed E-state index contributed by atoms with van der Waals surface area (Å²) in [4.78, 5) is 11.7. The topological polar surface area (TPSA) is 63.2 Å². The third kappa shape index (κ3) is 5.87. The number of benzene rings is 1. The number of rotatable bonds is 7. The van der Waals surface area contributed by atoms with Crippen LogP contribution in [0.1, 0.15) is 31.2 Å². The van der Waals surface area contributed by atoms with Crippen molar-refractivity contribution in [2.45, 2.75) is 32.1 Å². The van der Waals surface area contributed by atoms with Gasteiger partial charge in [-0.3, -0.25) is 4.79 Å². The van der Waals surface area contributed by atoms with Crippen molar-refractivity contribution >= 4 is 15.7 Å². The molecule has 0 aromatic heterocycles. The van der Waals surface area contributed by atoms with Gasteiger partial charge >= 0.3 is 0 Å². The van der Waals surface area contributed by atoms with Crippen LogP contribution in [-0.4, -0.2) is 32.4 Å². The van der Waals surface area contributed by atoms with E-state index in [4.69, 9.17) is 0 Å². The molecule has 1 atom stereocenters. The van der Waals surface area contributed by atoms with E-state index in [2.05, 4.69) is 17.4 Å². The summed E-state index contributed by atoms with van der Waals surface area (Å²) in [5.41, 5.74) is 1.28. The van der Waals surface area contributed by atoms with E-state index < -0.39 is 9.84 Å². The van der Waals surface area contributed by atoms with Crippen molar-refractivity contribution in [3.05, 3.63) is 35.9 Å². The van der Waals surface area contributed by atoms with E-state index in [0.717, 1.165) is 12.8 Å². The number of carbonyl (C=O) groups excluding carboxylic acids is 1. The van der Waals surface area contributed by atoms with Gasteiger partial charge in [-0.15, -0.1) is 0 Å². The second-order valence-electron chi connectivity index (χ2n) is 5.75. The molecule has 1 fully saturated rings. The van der Waals surface area contributed by atoms with Gasteiger partial charge in [0.1, 0.15) is 0 Å². The summed E-state index contributed by atoms with van der Waals surface area (Å²) in [7, 11) is -2.83. The van der Waals surface area contributed by atoms with Crippen molar-refractivity contribution in [1.82, 2.24) is 5.32 Å². The van der Waals surface area contributed by atoms with Gasteiger partial charge in [-0.05, 0) is 37.2 Å². The summed E-state index contributed by atoms with van der Waals surface area (Å²) in [5.74, 6) is 0.752. The Bertz CT molecular complexity index is 554. The summed E-state index contributed by atoms with van der Waals surface area (Å²) >= 11 is 0. The van der Waals surface area contributed by atoms with Gasteiger partial charge in [0, 0.05) is 13.0 Å². The van der Waals surface area contributed by atoms with Crippen molar-refractivity contribution in [3.8, 4) is 0 Å². The van der Waals surface area contributed by atoms with Crippen LogP contribution in [0.3, 0.4) is 0 Å². The Labute approximate surface area is 126 Å². The smallest absolute Gasteiger partial charge is 0.220 e. The summed E-state index contributed by atoms with van der Waals surface area (Å²) in [6, 6.07) is 10.2. The molecule has 116 valence electrons. The fourth-order valence-electron chi connectivity index (χ4n) is 2.69. The molecule has 0 spiro atoms. The van der Waals surface area contributed by atoms with Crippen LogP contribution in [0.15, 0.2) is 30.3 Å². The Morgan fingerprint density at radius 1 is 1.24 bits per heavy atom. The van der Waals surface area contributed by atoms with Gasteiger partial charge in [0.05, 0.1) is 11.5 Å². The van der Waals surface area contributed by atoms with E-state index in [9.17, 15) is 13.2 Å². The van der Waals surface area contributed by atoms with Crippen LogP contribution >= 0.6 is 0 Å². The highest BCUT2D eigenvalue weighted by atomic mass is 32.2. The van der Waals surface area contributed by atoms with Gasteiger partial charge in [-0.25, -0.2) is 8.42 Å². The molecule has 2 rings (SSSR count). The minimum absolute atomic E-state index is 0.0346. The number of carbonyl (C=O) groups is 1. The predicted octanol–water partition coefficient (Wildman–Crippen LogP) is 1.95. The molecule has 1 amide bonds. The van der Waals surface area contributed by atoms with E-state index >= 15 is 0 Å². The van der Waals surface area contributed by atoms with E-state index in [-0.39, 0.29) is 23.3 Å². The molecule has 21 heavy (non-hydrogen) atoms. The van der Waals surface area contributed by atoms with Crippen LogP contribution in [0.5, 0.6) is 0 Å². The van der Waals surface area contributed by atoms with Crippen LogP contribution < -0.4 is 5.32 Å². The Morgan fingerprint density at radius 2 is 2.00 bits per heavy atom. The molecule has 0 saturated carbocycles. The lowest BCUT2D eigenvalue weighted by Crippen LogP contribution is -2.25. The zero-order valence-corrected chi connectivity index (χ0v) is 13.1. The molecule has 1 heterocycles. The van der Waals surface area contributed by atoms with Gasteiger partial charge in [0.15, 0.2) is 9.84 Å². The van der Waals surface area contributed by atoms with E-state index in [0.29, 0.717) is 25.8 Å². The van der Waals surface area contributed by atoms with E-state index in [1.165, 1.54) is 5.56 Å². The number of amides is 1. The third-order valence-electron chi connectivity index (χ3n) is 3.91. The fraction of sp³-hybridized carbons (Fsp3) is 0.562. The summed E-state index contributed by atoms with van der Waals surface area (Å²) in [6.45, 7) is 0.677. The Morgan fingerprint density at radius 3 is 2.67 bits per heavy atom. The summed E-state index contributed by atoms with van der Waals surface area (Å²) in [6.07, 6.45) is 3.72. The van der Waals surface area contributed by atoms with Crippen LogP contribution in [-0.2, 0) is 21.1 Å². The summed E-state index contributed by atoms with van der Waals surface area (Å²) < 4.78 is 22.7. The normalized spacial score (nSPS) is 20.3. The van der Waals surface area contributed by atoms with Crippen molar-refractivity contribution < 1.29 is 13.2 Å². The molecule has 0 bridgehead atoms. The first-order valence-electron chi connectivity index (χ1n) is 7.56. The SMILES string of the molecule is O=C(CCC1CCS(=O)(=O)C1)NCCCc1ccccc1. The molecule has 0 aliphatic carbocycles. The highest BCUT2D eigenvalue weighted by Gasteiger charge is 2.27. The molecule has 1 aromatic carbocycles. The minimum Gasteiger partial charge on any atom is -0.356 e. The minimum atomic E-state index is -2.83. The maximum absolute atomic E-state index is 11.7. The maximum atomic E-state index is 11.7. The van der Waals surface area contributed by atoms with E-state index in [1.807, 2.05) is 18.2 Å². The van der Waals surface area contributed by atoms with Crippen LogP contribution in [0, 0.1) is 5.92 Å². The van der Waals surface area contributed by atoms with Gasteiger partial charge in [0.25, 0.3) is 0 Å². The molecule has 4 nitrogen and oxygen atoms in total. The number of aryl methyl sites for hydroxylation is 1. The number of nitrogens with one attached hydrogen (secondary N) is 1. The van der Waals surface area contributed by atoms with Crippen molar-refractivity contribution in [1.29, 1.82) is 0 Å². The molecule has 1 N–H and O–H groups in total. The quantitative estimate of drug-likeness (QED) is 0.783. The van der Waals surface area contributed by atoms with Gasteiger partial charge in [-0.1, -0.05) is 30.3 Å². The van der Waals surface area contributed by atoms with Crippen LogP contribution in [0.2, 0.25) is 0 Å². The fourth-order valence-corrected chi connectivity index (χ4v) is 4.60. The second kappa shape index (κ2) is 7.59. The molecule has 1 aliphatic rings. The molecular weight excluding hydrogens is 286 g/mol. The lowest BCUT2D eigenvalue weighted by atomic mass is 10.0. The standard InChI is InChI=1S/C16H23NO3S/c18-16(9-8-15-10-12-21(19,20)13-15)17-11-4-7-14-5-2-1-3-6-14/h1-3,5-6,15H,4,7-13H2,(H,17,18). The Hall–Kier alpha value is -1.36. The molecule has 0 radical (unpaired) electrons. The largest absolute Gasteiger partial charge is 0.356 e. The Balaban J connectivity index is 1.56. The zero-order valence-electron chi connectivity index (χ0n) is 12.3. The highest BCUT2D eigenvalue weighted by Crippen LogP contribution is 2.22. The average Bonchev–Trinajstić information content (AvgIpc) is 2.82. The van der Waals surface area contributed by atoms with Crippen molar-refractivity contribution in [3.63, 3.8) is 0 Å². The third-order valence-corrected chi connectivity index (χ3v) is 5.75. The monoisotopic (exact) mass is 309 g/mol.